The Balaban J connectivity index is 2.06. The van der Waals surface area contributed by atoms with Crippen molar-refractivity contribution in [3.63, 3.8) is 0 Å². The SMILES string of the molecule is COCCOCCCNC(=O)C1CCCC(CCN)C1. The van der Waals surface area contributed by atoms with Gasteiger partial charge in [0.1, 0.15) is 0 Å². The number of nitrogens with two attached hydrogens (primary N) is 1. The number of hydrogen-bond acceptors (Lipinski definition) is 4. The standard InChI is InChI=1S/C15H30N2O3/c1-19-10-11-20-9-3-8-17-15(18)14-5-2-4-13(12-14)6-7-16/h13-14H,2-12,16H2,1H3,(H,17,18). The highest BCUT2D eigenvalue weighted by Gasteiger charge is 2.26. The van der Waals surface area contributed by atoms with Gasteiger partial charge in [-0.05, 0) is 38.1 Å². The molecule has 1 rings (SSSR count). The van der Waals surface area contributed by atoms with Crippen molar-refractivity contribution < 1.29 is 14.3 Å². The van der Waals surface area contributed by atoms with E-state index in [0.29, 0.717) is 32.3 Å². The minimum absolute atomic E-state index is 0.190. The number of nitrogens with one attached hydrogen (secondary N) is 1. The molecule has 1 aliphatic carbocycles. The molecule has 0 bridgehead atoms. The van der Waals surface area contributed by atoms with E-state index in [-0.39, 0.29) is 11.8 Å². The number of carbonyl (C=O) groups is 1. The predicted molar refractivity (Wildman–Crippen MR) is 79.4 cm³/mol. The molecule has 2 unspecified atom stereocenters. The molecule has 5 nitrogen and oxygen atoms in total. The van der Waals surface area contributed by atoms with Crippen LogP contribution < -0.4 is 11.1 Å². The number of rotatable bonds is 10. The summed E-state index contributed by atoms with van der Waals surface area (Å²) in [6.45, 7) is 3.34. The fourth-order valence-corrected chi connectivity index (χ4v) is 2.80. The smallest absolute Gasteiger partial charge is 0.223 e. The molecule has 3 N–H and O–H groups in total. The third-order valence-electron chi connectivity index (χ3n) is 3.92. The van der Waals surface area contributed by atoms with Crippen LogP contribution in [0.3, 0.4) is 0 Å². The second-order valence-corrected chi connectivity index (χ2v) is 5.56. The summed E-state index contributed by atoms with van der Waals surface area (Å²) in [5, 5.41) is 3.02. The van der Waals surface area contributed by atoms with Gasteiger partial charge in [0.2, 0.25) is 5.91 Å². The molecule has 1 fully saturated rings. The first-order valence-corrected chi connectivity index (χ1v) is 7.82. The van der Waals surface area contributed by atoms with Crippen molar-refractivity contribution in [1.82, 2.24) is 5.32 Å². The summed E-state index contributed by atoms with van der Waals surface area (Å²) in [5.41, 5.74) is 5.61. The van der Waals surface area contributed by atoms with Gasteiger partial charge in [0.25, 0.3) is 0 Å². The van der Waals surface area contributed by atoms with Gasteiger partial charge in [-0.2, -0.15) is 0 Å². The highest BCUT2D eigenvalue weighted by atomic mass is 16.5. The van der Waals surface area contributed by atoms with E-state index in [9.17, 15) is 4.79 Å². The number of methoxy groups -OCH3 is 1. The Hall–Kier alpha value is -0.650. The topological polar surface area (TPSA) is 73.6 Å². The fourth-order valence-electron chi connectivity index (χ4n) is 2.80. The zero-order valence-electron chi connectivity index (χ0n) is 12.7. The molecule has 1 saturated carbocycles. The van der Waals surface area contributed by atoms with Crippen molar-refractivity contribution >= 4 is 5.91 Å². The quantitative estimate of drug-likeness (QED) is 0.594. The Labute approximate surface area is 122 Å². The van der Waals surface area contributed by atoms with Gasteiger partial charge in [-0.1, -0.05) is 12.8 Å². The maximum atomic E-state index is 12.1. The number of amides is 1. The summed E-state index contributed by atoms with van der Waals surface area (Å²) < 4.78 is 10.3. The molecule has 0 aromatic heterocycles. The van der Waals surface area contributed by atoms with Gasteiger partial charge in [-0.15, -0.1) is 0 Å². The van der Waals surface area contributed by atoms with Crippen LogP contribution in [0.4, 0.5) is 0 Å². The van der Waals surface area contributed by atoms with Crippen LogP contribution in [-0.2, 0) is 14.3 Å². The molecule has 0 aliphatic heterocycles. The first-order valence-electron chi connectivity index (χ1n) is 7.82. The lowest BCUT2D eigenvalue weighted by molar-refractivity contribution is -0.126. The molecule has 118 valence electrons. The van der Waals surface area contributed by atoms with E-state index in [1.807, 2.05) is 0 Å². The van der Waals surface area contributed by atoms with E-state index in [0.717, 1.165) is 38.6 Å². The summed E-state index contributed by atoms with van der Waals surface area (Å²) >= 11 is 0. The molecule has 0 aromatic rings. The van der Waals surface area contributed by atoms with Crippen LogP contribution in [0.15, 0.2) is 0 Å². The molecule has 0 spiro atoms. The molecule has 1 amide bonds. The Bertz CT molecular complexity index is 260. The van der Waals surface area contributed by atoms with Gasteiger partial charge in [0, 0.05) is 26.2 Å². The van der Waals surface area contributed by atoms with E-state index in [1.165, 1.54) is 6.42 Å². The summed E-state index contributed by atoms with van der Waals surface area (Å²) in [7, 11) is 1.66. The largest absolute Gasteiger partial charge is 0.382 e. The van der Waals surface area contributed by atoms with Gasteiger partial charge in [0.05, 0.1) is 13.2 Å². The van der Waals surface area contributed by atoms with E-state index >= 15 is 0 Å². The van der Waals surface area contributed by atoms with Crippen LogP contribution in [0.5, 0.6) is 0 Å². The maximum absolute atomic E-state index is 12.1. The van der Waals surface area contributed by atoms with Gasteiger partial charge >= 0.3 is 0 Å². The molecule has 2 atom stereocenters. The molecule has 20 heavy (non-hydrogen) atoms. The lowest BCUT2D eigenvalue weighted by Crippen LogP contribution is -2.35. The highest BCUT2D eigenvalue weighted by Crippen LogP contribution is 2.30. The Kier molecular flexibility index (Phi) is 9.62. The van der Waals surface area contributed by atoms with Crippen molar-refractivity contribution in [2.45, 2.75) is 38.5 Å². The minimum atomic E-state index is 0.190. The van der Waals surface area contributed by atoms with Gasteiger partial charge in [-0.3, -0.25) is 4.79 Å². The zero-order valence-corrected chi connectivity index (χ0v) is 12.7. The van der Waals surface area contributed by atoms with Crippen LogP contribution in [0.25, 0.3) is 0 Å². The van der Waals surface area contributed by atoms with Gasteiger partial charge < -0.3 is 20.5 Å². The molecule has 0 aromatic carbocycles. The van der Waals surface area contributed by atoms with Gasteiger partial charge in [-0.25, -0.2) is 0 Å². The van der Waals surface area contributed by atoms with E-state index < -0.39 is 0 Å². The third kappa shape index (κ3) is 7.22. The van der Waals surface area contributed by atoms with Crippen LogP contribution >= 0.6 is 0 Å². The van der Waals surface area contributed by atoms with E-state index in [4.69, 9.17) is 15.2 Å². The second kappa shape index (κ2) is 11.1. The zero-order chi connectivity index (χ0) is 14.6. The molecule has 0 radical (unpaired) electrons. The average Bonchev–Trinajstić information content (AvgIpc) is 2.47. The summed E-state index contributed by atoms with van der Waals surface area (Å²) in [6.07, 6.45) is 6.33. The average molecular weight is 286 g/mol. The van der Waals surface area contributed by atoms with E-state index in [2.05, 4.69) is 5.32 Å². The minimum Gasteiger partial charge on any atom is -0.382 e. The van der Waals surface area contributed by atoms with Crippen molar-refractivity contribution in [2.75, 3.05) is 40.0 Å². The lowest BCUT2D eigenvalue weighted by Gasteiger charge is -2.28. The summed E-state index contributed by atoms with van der Waals surface area (Å²) in [6, 6.07) is 0. The highest BCUT2D eigenvalue weighted by molar-refractivity contribution is 5.78. The number of hydrogen-bond donors (Lipinski definition) is 2. The first kappa shape index (κ1) is 17.4. The van der Waals surface area contributed by atoms with Crippen molar-refractivity contribution in [3.05, 3.63) is 0 Å². The molecule has 0 heterocycles. The van der Waals surface area contributed by atoms with E-state index in [1.54, 1.807) is 7.11 Å². The van der Waals surface area contributed by atoms with Crippen LogP contribution in [0, 0.1) is 11.8 Å². The van der Waals surface area contributed by atoms with Crippen LogP contribution in [0.1, 0.15) is 38.5 Å². The first-order chi connectivity index (χ1) is 9.77. The summed E-state index contributed by atoms with van der Waals surface area (Å²) in [5.74, 6) is 1.04. The van der Waals surface area contributed by atoms with Crippen LogP contribution in [-0.4, -0.2) is 45.9 Å². The molecular weight excluding hydrogens is 256 g/mol. The molecule has 1 aliphatic rings. The van der Waals surface area contributed by atoms with Crippen molar-refractivity contribution in [2.24, 2.45) is 17.6 Å². The Morgan fingerprint density at radius 3 is 2.90 bits per heavy atom. The molecular formula is C15H30N2O3. The third-order valence-corrected chi connectivity index (χ3v) is 3.92. The van der Waals surface area contributed by atoms with Crippen molar-refractivity contribution in [3.8, 4) is 0 Å². The molecule has 0 saturated heterocycles. The van der Waals surface area contributed by atoms with Crippen LogP contribution in [0.2, 0.25) is 0 Å². The Morgan fingerprint density at radius 1 is 1.30 bits per heavy atom. The van der Waals surface area contributed by atoms with Gasteiger partial charge in [0.15, 0.2) is 0 Å². The summed E-state index contributed by atoms with van der Waals surface area (Å²) in [4.78, 5) is 12.1. The fraction of sp³-hybridized carbons (Fsp3) is 0.933. The monoisotopic (exact) mass is 286 g/mol. The van der Waals surface area contributed by atoms with Crippen molar-refractivity contribution in [1.29, 1.82) is 0 Å². The second-order valence-electron chi connectivity index (χ2n) is 5.56. The maximum Gasteiger partial charge on any atom is 0.223 e. The number of ether oxygens (including phenoxy) is 2. The Morgan fingerprint density at radius 2 is 2.15 bits per heavy atom. The predicted octanol–water partition coefficient (Wildman–Crippen LogP) is 1.31. The number of carbonyl (C=O) groups excluding carboxylic acids is 1. The lowest BCUT2D eigenvalue weighted by atomic mass is 9.79. The molecule has 5 heteroatoms. The normalized spacial score (nSPS) is 22.7.